The van der Waals surface area contributed by atoms with Crippen molar-refractivity contribution in [2.24, 2.45) is 0 Å². The first-order valence-electron chi connectivity index (χ1n) is 15.1. The van der Waals surface area contributed by atoms with E-state index >= 15 is 4.39 Å². The quantitative estimate of drug-likeness (QED) is 0.196. The topological polar surface area (TPSA) is 111 Å². The van der Waals surface area contributed by atoms with E-state index in [9.17, 15) is 19.2 Å². The summed E-state index contributed by atoms with van der Waals surface area (Å²) >= 11 is 13.1. The van der Waals surface area contributed by atoms with E-state index in [1.54, 1.807) is 42.5 Å². The van der Waals surface area contributed by atoms with E-state index in [-0.39, 0.29) is 11.4 Å². The Hall–Kier alpha value is -3.41. The Bertz CT molecular complexity index is 1800. The summed E-state index contributed by atoms with van der Waals surface area (Å²) in [4.78, 5) is 14.6. The predicted octanol–water partition coefficient (Wildman–Crippen LogP) is 6.66. The molecule has 0 aromatic heterocycles. The summed E-state index contributed by atoms with van der Waals surface area (Å²) < 4.78 is 35.8. The van der Waals surface area contributed by atoms with Crippen LogP contribution in [0.3, 0.4) is 0 Å². The lowest BCUT2D eigenvalue weighted by atomic mass is 9.58. The van der Waals surface area contributed by atoms with Crippen LogP contribution >= 0.6 is 23.2 Å². The van der Waals surface area contributed by atoms with Gasteiger partial charge in [-0.2, -0.15) is 0 Å². The van der Waals surface area contributed by atoms with E-state index in [0.717, 1.165) is 11.3 Å². The van der Waals surface area contributed by atoms with Crippen molar-refractivity contribution in [2.45, 2.75) is 69.9 Å². The number of nitrogens with one attached hydrogen (secondary N) is 2. The third-order valence-electron chi connectivity index (χ3n) is 8.99. The van der Waals surface area contributed by atoms with Gasteiger partial charge in [0.1, 0.15) is 28.8 Å². The number of hydrogen-bond donors (Lipinski definition) is 4. The van der Waals surface area contributed by atoms with E-state index in [0.29, 0.717) is 45.3 Å². The fourth-order valence-corrected chi connectivity index (χ4v) is 7.85. The molecule has 1 amide bonds. The van der Waals surface area contributed by atoms with Crippen LogP contribution in [0.5, 0.6) is 5.75 Å². The smallest absolute Gasteiger partial charge is 0.246 e. The van der Waals surface area contributed by atoms with Crippen LogP contribution in [0, 0.1) is 12.7 Å². The normalized spacial score (nSPS) is 24.8. The van der Waals surface area contributed by atoms with Crippen LogP contribution in [0.15, 0.2) is 78.6 Å². The lowest BCUT2D eigenvalue weighted by molar-refractivity contribution is -0.119. The average Bonchev–Trinajstić information content (AvgIpc) is 3.23. The summed E-state index contributed by atoms with van der Waals surface area (Å²) in [5, 5.41) is 28.3. The minimum absolute atomic E-state index is 0.0391. The summed E-state index contributed by atoms with van der Waals surface area (Å²) in [6.07, 6.45) is 2.96. The molecule has 2 aliphatic rings. The molecule has 3 unspecified atom stereocenters. The highest BCUT2D eigenvalue weighted by Gasteiger charge is 2.63. The third-order valence-corrected chi connectivity index (χ3v) is 9.99. The number of carbonyl (C=O) groups excluding carboxylic acids is 1. The lowest BCUT2D eigenvalue weighted by Crippen LogP contribution is -2.59. The Kier molecular flexibility index (Phi) is 9.84. The number of aliphatic hydroxyl groups is 2. The zero-order chi connectivity index (χ0) is 34.4. The SMILES string of the molecule is C=C(NS(C)=O)C(C)(O)Oc1ccc(Cl)cc1[C@@H]1C/C(=C\CC)N[C@H](c2cc(F)ccc2C)[C@]12c1ccc(Cl)cc1N(C(C)=O)C2O. The monoisotopic (exact) mass is 701 g/mol. The van der Waals surface area contributed by atoms with Crippen LogP contribution in [0.25, 0.3) is 0 Å². The number of nitrogens with zero attached hydrogens (tertiary/aromatic N) is 1. The highest BCUT2D eigenvalue weighted by atomic mass is 35.5. The van der Waals surface area contributed by atoms with E-state index in [2.05, 4.69) is 16.6 Å². The molecule has 2 heterocycles. The summed E-state index contributed by atoms with van der Waals surface area (Å²) in [6, 6.07) is 13.8. The number of allylic oxidation sites excluding steroid dienone is 2. The molecule has 4 N–H and O–H groups in total. The second-order valence-corrected chi connectivity index (χ2v) is 14.1. The third kappa shape index (κ3) is 6.29. The number of aliphatic hydroxyl groups excluding tert-OH is 1. The average molecular weight is 703 g/mol. The molecule has 0 aliphatic carbocycles. The predicted molar refractivity (Wildman–Crippen MR) is 184 cm³/mol. The first-order chi connectivity index (χ1) is 22.1. The van der Waals surface area contributed by atoms with Crippen molar-refractivity contribution in [3.63, 3.8) is 0 Å². The number of anilines is 1. The van der Waals surface area contributed by atoms with Crippen molar-refractivity contribution < 1.29 is 28.3 Å². The maximum atomic E-state index is 15.1. The van der Waals surface area contributed by atoms with Gasteiger partial charge in [-0.05, 0) is 78.9 Å². The number of hydrogen-bond acceptors (Lipinski definition) is 6. The maximum Gasteiger partial charge on any atom is 0.246 e. The largest absolute Gasteiger partial charge is 0.457 e. The molecule has 2 aliphatic heterocycles. The number of halogens is 3. The van der Waals surface area contributed by atoms with E-state index < -0.39 is 52.1 Å². The van der Waals surface area contributed by atoms with Gasteiger partial charge in [-0.3, -0.25) is 9.69 Å². The molecule has 0 saturated carbocycles. The highest BCUT2D eigenvalue weighted by Crippen LogP contribution is 2.63. The number of carbonyl (C=O) groups is 1. The Morgan fingerprint density at radius 3 is 2.55 bits per heavy atom. The molecule has 47 heavy (non-hydrogen) atoms. The molecule has 0 bridgehead atoms. The van der Waals surface area contributed by atoms with Crippen molar-refractivity contribution in [2.75, 3.05) is 11.2 Å². The number of rotatable bonds is 8. The number of aryl methyl sites for hydroxylation is 1. The van der Waals surface area contributed by atoms with Crippen LogP contribution in [0.4, 0.5) is 10.1 Å². The molecule has 6 atom stereocenters. The van der Waals surface area contributed by atoms with Crippen molar-refractivity contribution in [1.82, 2.24) is 10.0 Å². The van der Waals surface area contributed by atoms with Gasteiger partial charge in [0.05, 0.1) is 22.8 Å². The fraction of sp³-hybridized carbons (Fsp3) is 0.343. The van der Waals surface area contributed by atoms with Gasteiger partial charge in [-0.15, -0.1) is 0 Å². The number of amides is 1. The van der Waals surface area contributed by atoms with Crippen LogP contribution in [0.1, 0.15) is 67.8 Å². The molecule has 1 fully saturated rings. The van der Waals surface area contributed by atoms with Gasteiger partial charge in [-0.1, -0.05) is 54.9 Å². The number of fused-ring (bicyclic) bond motifs is 2. The van der Waals surface area contributed by atoms with Gasteiger partial charge in [0.15, 0.2) is 0 Å². The molecule has 8 nitrogen and oxygen atoms in total. The van der Waals surface area contributed by atoms with Crippen molar-refractivity contribution >= 4 is 45.8 Å². The van der Waals surface area contributed by atoms with Gasteiger partial charge < -0.3 is 25.0 Å². The van der Waals surface area contributed by atoms with Gasteiger partial charge in [0, 0.05) is 47.3 Å². The molecule has 0 radical (unpaired) electrons. The number of ether oxygens (including phenoxy) is 1. The summed E-state index contributed by atoms with van der Waals surface area (Å²) in [5.74, 6) is -3.37. The second kappa shape index (κ2) is 13.2. The number of piperidine rings is 1. The maximum absolute atomic E-state index is 15.1. The minimum atomic E-state index is -2.03. The fourth-order valence-electron chi connectivity index (χ4n) is 6.96. The molecule has 5 rings (SSSR count). The Labute approximate surface area is 286 Å². The summed E-state index contributed by atoms with van der Waals surface area (Å²) in [7, 11) is -1.54. The first kappa shape index (κ1) is 34.9. The Balaban J connectivity index is 1.86. The van der Waals surface area contributed by atoms with Crippen LogP contribution in [-0.2, 0) is 21.2 Å². The van der Waals surface area contributed by atoms with Crippen LogP contribution in [0.2, 0.25) is 10.0 Å². The molecule has 3 aromatic rings. The second-order valence-electron chi connectivity index (χ2n) is 12.1. The zero-order valence-corrected chi connectivity index (χ0v) is 29.1. The number of benzene rings is 3. The van der Waals surface area contributed by atoms with E-state index in [4.69, 9.17) is 27.9 Å². The van der Waals surface area contributed by atoms with Crippen molar-refractivity contribution in [1.29, 1.82) is 0 Å². The van der Waals surface area contributed by atoms with Crippen molar-refractivity contribution in [3.05, 3.63) is 117 Å². The zero-order valence-electron chi connectivity index (χ0n) is 26.7. The van der Waals surface area contributed by atoms with Gasteiger partial charge in [0.25, 0.3) is 0 Å². The van der Waals surface area contributed by atoms with Gasteiger partial charge in [-0.25, -0.2) is 8.60 Å². The van der Waals surface area contributed by atoms with E-state index in [1.807, 2.05) is 19.9 Å². The molecule has 3 aromatic carbocycles. The summed E-state index contributed by atoms with van der Waals surface area (Å²) in [5.41, 5.74) is 2.31. The van der Waals surface area contributed by atoms with Gasteiger partial charge >= 0.3 is 0 Å². The Morgan fingerprint density at radius 2 is 1.89 bits per heavy atom. The lowest BCUT2D eigenvalue weighted by Gasteiger charge is -2.52. The minimum Gasteiger partial charge on any atom is -0.457 e. The first-order valence-corrected chi connectivity index (χ1v) is 17.4. The summed E-state index contributed by atoms with van der Waals surface area (Å²) in [6.45, 7) is 10.4. The standard InChI is InChI=1S/C35H38Cl2FN3O5S/c1-7-8-25-18-29(27-15-22(36)11-14-31(27)46-34(5,44)20(3)40-47(6)45)35(32(39-25)26-17-24(38)12-9-19(26)2)28-13-10-23(37)16-30(28)41(21(4)42)33(35)43/h8-17,29,32-33,39-40,43-44H,3,7,18H2,1-2,4-6H3/b25-8+/t29-,32+,33?,34?,35-,47?/m0/s1. The molecular formula is C35H38Cl2FN3O5S. The Morgan fingerprint density at radius 1 is 1.21 bits per heavy atom. The highest BCUT2D eigenvalue weighted by molar-refractivity contribution is 7.82. The molecule has 1 spiro atoms. The van der Waals surface area contributed by atoms with Crippen LogP contribution < -0.4 is 19.7 Å². The van der Waals surface area contributed by atoms with Gasteiger partial charge in [0.2, 0.25) is 11.7 Å². The molecular weight excluding hydrogens is 664 g/mol. The van der Waals surface area contributed by atoms with Crippen molar-refractivity contribution in [3.8, 4) is 5.75 Å². The molecule has 1 saturated heterocycles. The van der Waals surface area contributed by atoms with E-state index in [1.165, 1.54) is 37.1 Å². The molecule has 250 valence electrons. The van der Waals surface area contributed by atoms with Crippen LogP contribution in [-0.4, -0.2) is 38.6 Å². The molecule has 12 heteroatoms.